The molecule has 0 aliphatic carbocycles. The first kappa shape index (κ1) is 26.2. The molecule has 0 radical (unpaired) electrons. The minimum absolute atomic E-state index is 0.0642. The Morgan fingerprint density at radius 2 is 1.87 bits per heavy atom. The third kappa shape index (κ3) is 5.91. The van der Waals surface area contributed by atoms with E-state index in [4.69, 9.17) is 5.41 Å². The topological polar surface area (TPSA) is 88.1 Å². The van der Waals surface area contributed by atoms with Crippen LogP contribution in [0.3, 0.4) is 0 Å². The normalized spacial score (nSPS) is 11.1. The van der Waals surface area contributed by atoms with Gasteiger partial charge in [0, 0.05) is 49.3 Å². The number of aromatic nitrogens is 4. The van der Waals surface area contributed by atoms with Crippen molar-refractivity contribution in [2.45, 2.75) is 13.1 Å². The van der Waals surface area contributed by atoms with Gasteiger partial charge in [-0.1, -0.05) is 67.8 Å². The van der Waals surface area contributed by atoms with Crippen LogP contribution in [0.5, 0.6) is 0 Å². The molecule has 4 heterocycles. The maximum absolute atomic E-state index is 13.2. The quantitative estimate of drug-likeness (QED) is 0.219. The van der Waals surface area contributed by atoms with E-state index < -0.39 is 0 Å². The Kier molecular flexibility index (Phi) is 8.53. The summed E-state index contributed by atoms with van der Waals surface area (Å²) in [5, 5.41) is 11.4. The molecular weight excluding hydrogens is 472 g/mol. The molecule has 0 aliphatic heterocycles. The molecule has 0 amide bonds. The monoisotopic (exact) mass is 502 g/mol. The molecule has 0 atom stereocenters. The Balaban J connectivity index is 0.000000368. The van der Waals surface area contributed by atoms with E-state index in [1.807, 2.05) is 72.5 Å². The zero-order valence-electron chi connectivity index (χ0n) is 21.3. The smallest absolute Gasteiger partial charge is 0.260 e. The fourth-order valence-corrected chi connectivity index (χ4v) is 4.14. The van der Waals surface area contributed by atoms with Crippen molar-refractivity contribution in [2.75, 3.05) is 7.05 Å². The van der Waals surface area contributed by atoms with Crippen molar-refractivity contribution >= 4 is 22.6 Å². The highest BCUT2D eigenvalue weighted by molar-refractivity contribution is 5.95. The van der Waals surface area contributed by atoms with Gasteiger partial charge in [-0.05, 0) is 41.3 Å². The van der Waals surface area contributed by atoms with Gasteiger partial charge in [0.2, 0.25) is 0 Å². The standard InChI is InChI=1S/C24H21N5O.C7H9N/c1-25-11-17-7-8-23-27-19(16-29(23)14-17)15-28-10-9-20-21(18-5-3-2-4-6-18)12-26-13-22(20)24(28)30;1-3-5-7(4-2)6-8/h2-10,12-14,16,25H,11,15H2,1H3;3-6,8H,1-2H2/b;7-5+,8-6?. The van der Waals surface area contributed by atoms with Crippen LogP contribution in [0.15, 0.2) is 121 Å². The molecule has 5 aromatic rings. The zero-order chi connectivity index (χ0) is 26.9. The molecular formula is C31H30N6O. The van der Waals surface area contributed by atoms with Gasteiger partial charge in [-0.2, -0.15) is 0 Å². The van der Waals surface area contributed by atoms with Gasteiger partial charge in [0.05, 0.1) is 17.6 Å². The lowest BCUT2D eigenvalue weighted by molar-refractivity contribution is 0.752. The Hall–Kier alpha value is -4.88. The fourth-order valence-electron chi connectivity index (χ4n) is 4.14. The van der Waals surface area contributed by atoms with E-state index >= 15 is 0 Å². The van der Waals surface area contributed by atoms with Crippen LogP contribution < -0.4 is 10.9 Å². The number of nitrogens with one attached hydrogen (secondary N) is 2. The molecule has 2 N–H and O–H groups in total. The lowest BCUT2D eigenvalue weighted by Gasteiger charge is -2.09. The third-order valence-electron chi connectivity index (χ3n) is 5.97. The van der Waals surface area contributed by atoms with Gasteiger partial charge >= 0.3 is 0 Å². The highest BCUT2D eigenvalue weighted by atomic mass is 16.1. The summed E-state index contributed by atoms with van der Waals surface area (Å²) < 4.78 is 3.69. The van der Waals surface area contributed by atoms with Gasteiger partial charge in [0.15, 0.2) is 0 Å². The van der Waals surface area contributed by atoms with Crippen molar-refractivity contribution < 1.29 is 0 Å². The van der Waals surface area contributed by atoms with Crippen LogP contribution in [0.2, 0.25) is 0 Å². The summed E-state index contributed by atoms with van der Waals surface area (Å²) in [6.45, 7) is 8.16. The summed E-state index contributed by atoms with van der Waals surface area (Å²) in [6, 6.07) is 16.0. The molecule has 5 rings (SSSR count). The minimum atomic E-state index is -0.0642. The van der Waals surface area contributed by atoms with Gasteiger partial charge in [0.1, 0.15) is 5.65 Å². The Bertz CT molecular complexity index is 1670. The van der Waals surface area contributed by atoms with Gasteiger partial charge < -0.3 is 19.7 Å². The molecule has 0 saturated carbocycles. The van der Waals surface area contributed by atoms with Crippen molar-refractivity contribution in [3.8, 4) is 11.1 Å². The average molecular weight is 503 g/mol. The first-order valence-electron chi connectivity index (χ1n) is 12.2. The molecule has 0 fully saturated rings. The number of allylic oxidation sites excluding steroid dienone is 4. The molecule has 38 heavy (non-hydrogen) atoms. The molecule has 190 valence electrons. The zero-order valence-corrected chi connectivity index (χ0v) is 21.3. The lowest BCUT2D eigenvalue weighted by Crippen LogP contribution is -2.20. The number of rotatable bonds is 8. The van der Waals surface area contributed by atoms with Crippen LogP contribution in [0.4, 0.5) is 0 Å². The maximum Gasteiger partial charge on any atom is 0.260 e. The molecule has 0 unspecified atom stereocenters. The highest BCUT2D eigenvalue weighted by Crippen LogP contribution is 2.25. The molecule has 1 aromatic carbocycles. The summed E-state index contributed by atoms with van der Waals surface area (Å²) in [5.41, 5.74) is 5.60. The van der Waals surface area contributed by atoms with E-state index in [9.17, 15) is 4.79 Å². The molecule has 0 bridgehead atoms. The van der Waals surface area contributed by atoms with Crippen molar-refractivity contribution in [2.24, 2.45) is 0 Å². The number of hydrogen-bond acceptors (Lipinski definition) is 5. The average Bonchev–Trinajstić information content (AvgIpc) is 3.36. The summed E-state index contributed by atoms with van der Waals surface area (Å²) in [7, 11) is 1.92. The van der Waals surface area contributed by atoms with Crippen molar-refractivity contribution in [3.63, 3.8) is 0 Å². The molecule has 4 aromatic heterocycles. The van der Waals surface area contributed by atoms with Crippen LogP contribution in [-0.4, -0.2) is 32.2 Å². The first-order valence-corrected chi connectivity index (χ1v) is 12.2. The number of benzene rings is 1. The van der Waals surface area contributed by atoms with E-state index in [1.165, 1.54) is 11.8 Å². The molecule has 0 spiro atoms. The van der Waals surface area contributed by atoms with Gasteiger partial charge in [0.25, 0.3) is 5.56 Å². The SMILES string of the molecule is C=C/C=C(\C=C)C=N.CNCc1ccc2nc(Cn3ccc4c(-c5ccccc5)cncc4c3=O)cn2c1. The van der Waals surface area contributed by atoms with Crippen molar-refractivity contribution in [3.05, 3.63) is 138 Å². The second-order valence-electron chi connectivity index (χ2n) is 8.58. The number of fused-ring (bicyclic) bond motifs is 2. The Morgan fingerprint density at radius 1 is 1.05 bits per heavy atom. The summed E-state index contributed by atoms with van der Waals surface area (Å²) in [6.07, 6.45) is 15.5. The number of nitrogens with zero attached hydrogens (tertiary/aromatic N) is 4. The third-order valence-corrected chi connectivity index (χ3v) is 5.97. The van der Waals surface area contributed by atoms with Crippen molar-refractivity contribution in [1.82, 2.24) is 24.3 Å². The number of pyridine rings is 3. The van der Waals surface area contributed by atoms with E-state index in [-0.39, 0.29) is 5.56 Å². The van der Waals surface area contributed by atoms with E-state index in [1.54, 1.807) is 29.0 Å². The fraction of sp³-hybridized carbons (Fsp3) is 0.0968. The van der Waals surface area contributed by atoms with Crippen LogP contribution in [0, 0.1) is 5.41 Å². The lowest BCUT2D eigenvalue weighted by atomic mass is 10.0. The summed E-state index contributed by atoms with van der Waals surface area (Å²) in [5.74, 6) is 0. The van der Waals surface area contributed by atoms with Crippen LogP contribution in [0.25, 0.3) is 27.5 Å². The molecule has 0 aliphatic rings. The molecule has 7 nitrogen and oxygen atoms in total. The van der Waals surface area contributed by atoms with Crippen LogP contribution in [-0.2, 0) is 13.1 Å². The second-order valence-corrected chi connectivity index (χ2v) is 8.58. The highest BCUT2D eigenvalue weighted by Gasteiger charge is 2.10. The number of imidazole rings is 1. The minimum Gasteiger partial charge on any atom is -0.316 e. The predicted molar refractivity (Wildman–Crippen MR) is 156 cm³/mol. The van der Waals surface area contributed by atoms with E-state index in [0.717, 1.165) is 40.0 Å². The van der Waals surface area contributed by atoms with Gasteiger partial charge in [-0.15, -0.1) is 0 Å². The van der Waals surface area contributed by atoms with Crippen LogP contribution in [0.1, 0.15) is 11.3 Å². The van der Waals surface area contributed by atoms with E-state index in [2.05, 4.69) is 40.7 Å². The van der Waals surface area contributed by atoms with Gasteiger partial charge in [-0.25, -0.2) is 4.98 Å². The number of hydrogen-bond donors (Lipinski definition) is 2. The van der Waals surface area contributed by atoms with Crippen LogP contribution >= 0.6 is 0 Å². The first-order chi connectivity index (χ1) is 18.6. The Labute approximate surface area is 221 Å². The van der Waals surface area contributed by atoms with Crippen molar-refractivity contribution in [1.29, 1.82) is 5.41 Å². The molecule has 7 heteroatoms. The van der Waals surface area contributed by atoms with E-state index in [0.29, 0.717) is 11.9 Å². The summed E-state index contributed by atoms with van der Waals surface area (Å²) >= 11 is 0. The Morgan fingerprint density at radius 3 is 2.55 bits per heavy atom. The maximum atomic E-state index is 13.2. The predicted octanol–water partition coefficient (Wildman–Crippen LogP) is 5.41. The van der Waals surface area contributed by atoms with Gasteiger partial charge in [-0.3, -0.25) is 9.78 Å². The largest absolute Gasteiger partial charge is 0.316 e. The molecule has 0 saturated heterocycles. The summed E-state index contributed by atoms with van der Waals surface area (Å²) in [4.78, 5) is 22.1. The second kappa shape index (κ2) is 12.4.